The number of carbonyl (C=O) groups is 3. The van der Waals surface area contributed by atoms with Crippen LogP contribution in [0.25, 0.3) is 0 Å². The molecule has 0 bridgehead atoms. The van der Waals surface area contributed by atoms with Crippen molar-refractivity contribution in [1.82, 2.24) is 20.6 Å². The van der Waals surface area contributed by atoms with Gasteiger partial charge >= 0.3 is 0 Å². The summed E-state index contributed by atoms with van der Waals surface area (Å²) in [7, 11) is 0. The van der Waals surface area contributed by atoms with Crippen molar-refractivity contribution in [1.29, 1.82) is 0 Å². The predicted octanol–water partition coefficient (Wildman–Crippen LogP) is 0.330. The van der Waals surface area contributed by atoms with Crippen molar-refractivity contribution in [3.05, 3.63) is 27.2 Å². The number of oxime groups is 1. The van der Waals surface area contributed by atoms with Crippen LogP contribution in [-0.4, -0.2) is 45.9 Å². The van der Waals surface area contributed by atoms with Crippen molar-refractivity contribution in [3.8, 4) is 0 Å². The van der Waals surface area contributed by atoms with E-state index in [0.29, 0.717) is 5.69 Å². The second-order valence-corrected chi connectivity index (χ2v) is 8.29. The molecular formula is C16H18N6O4S2. The van der Waals surface area contributed by atoms with Gasteiger partial charge in [-0.1, -0.05) is 5.16 Å². The van der Waals surface area contributed by atoms with E-state index in [-0.39, 0.29) is 34.8 Å². The first-order valence-electron chi connectivity index (χ1n) is 8.17. The quantitative estimate of drug-likeness (QED) is 0.331. The van der Waals surface area contributed by atoms with Gasteiger partial charge in [0.2, 0.25) is 5.91 Å². The minimum Gasteiger partial charge on any atom is -0.387 e. The maximum atomic E-state index is 12.8. The van der Waals surface area contributed by atoms with Gasteiger partial charge in [0.05, 0.1) is 10.7 Å². The van der Waals surface area contributed by atoms with E-state index in [1.165, 1.54) is 23.6 Å². The largest absolute Gasteiger partial charge is 0.387 e. The Morgan fingerprint density at radius 1 is 1.39 bits per heavy atom. The molecule has 2 atom stereocenters. The number of β-lactam (4-membered cyclic amide) rings is 1. The van der Waals surface area contributed by atoms with Gasteiger partial charge in [0.1, 0.15) is 17.3 Å². The Balaban J connectivity index is 1.82. The lowest BCUT2D eigenvalue weighted by Crippen LogP contribution is -2.75. The van der Waals surface area contributed by atoms with Gasteiger partial charge < -0.3 is 21.2 Å². The van der Waals surface area contributed by atoms with Crippen LogP contribution in [-0.2, 0) is 24.8 Å². The van der Waals surface area contributed by atoms with Gasteiger partial charge in [0.15, 0.2) is 23.2 Å². The van der Waals surface area contributed by atoms with Crippen LogP contribution in [0.15, 0.2) is 15.9 Å². The molecule has 0 unspecified atom stereocenters. The molecule has 10 nitrogen and oxygen atoms in total. The van der Waals surface area contributed by atoms with Crippen molar-refractivity contribution in [3.63, 3.8) is 0 Å². The lowest BCUT2D eigenvalue weighted by Gasteiger charge is -2.45. The Bertz CT molecular complexity index is 968. The summed E-state index contributed by atoms with van der Waals surface area (Å²) >= 11 is 2.57. The van der Waals surface area contributed by atoms with Gasteiger partial charge in [0, 0.05) is 10.8 Å². The van der Waals surface area contributed by atoms with Gasteiger partial charge in [0.25, 0.3) is 5.91 Å². The molecule has 2 amide bonds. The summed E-state index contributed by atoms with van der Waals surface area (Å²) in [6, 6.07) is -0.851. The number of nitrogens with zero attached hydrogens (tertiary/aromatic N) is 3. The fourth-order valence-corrected chi connectivity index (χ4v) is 3.88. The Morgan fingerprint density at radius 2 is 2.14 bits per heavy atom. The zero-order valence-corrected chi connectivity index (χ0v) is 16.9. The number of carbonyl (C=O) groups excluding carboxylic acids is 3. The SMILES string of the molecule is CC(=O)CO/N=C(/C(=O)N[C@@H]1C(=O)N[C@]1(C)c1csc(C)n1)c1csc(N)n1. The predicted molar refractivity (Wildman–Crippen MR) is 104 cm³/mol. The third-order valence-electron chi connectivity index (χ3n) is 4.05. The number of aryl methyl sites for hydroxylation is 1. The molecule has 2 aromatic rings. The number of Topliss-reactive ketones (excluding diaryl/α,β-unsaturated/α-hetero) is 1. The normalized spacial score (nSPS) is 21.6. The lowest BCUT2D eigenvalue weighted by atomic mass is 9.80. The van der Waals surface area contributed by atoms with Crippen LogP contribution in [0.5, 0.6) is 0 Å². The van der Waals surface area contributed by atoms with Crippen molar-refractivity contribution in [2.45, 2.75) is 32.4 Å². The van der Waals surface area contributed by atoms with Crippen molar-refractivity contribution >= 4 is 51.1 Å². The first-order chi connectivity index (χ1) is 13.2. The van der Waals surface area contributed by atoms with Gasteiger partial charge in [-0.05, 0) is 20.8 Å². The summed E-state index contributed by atoms with van der Waals surface area (Å²) in [5.41, 5.74) is 5.46. The third-order valence-corrected chi connectivity index (χ3v) is 5.50. The Morgan fingerprint density at radius 3 is 2.68 bits per heavy atom. The number of thiazole rings is 2. The van der Waals surface area contributed by atoms with Gasteiger partial charge in [-0.15, -0.1) is 22.7 Å². The van der Waals surface area contributed by atoms with E-state index >= 15 is 0 Å². The monoisotopic (exact) mass is 422 g/mol. The molecular weight excluding hydrogens is 404 g/mol. The van der Waals surface area contributed by atoms with Crippen LogP contribution in [0.2, 0.25) is 0 Å². The molecule has 0 aliphatic carbocycles. The number of nitrogen functional groups attached to an aromatic ring is 1. The highest BCUT2D eigenvalue weighted by Gasteiger charge is 2.53. The van der Waals surface area contributed by atoms with Crippen molar-refractivity contribution < 1.29 is 19.2 Å². The maximum Gasteiger partial charge on any atom is 0.276 e. The number of hydrogen-bond donors (Lipinski definition) is 3. The van der Waals surface area contributed by atoms with Crippen LogP contribution >= 0.6 is 22.7 Å². The second-order valence-electron chi connectivity index (χ2n) is 6.34. The highest BCUT2D eigenvalue weighted by Crippen LogP contribution is 2.32. The molecule has 0 saturated carbocycles. The highest BCUT2D eigenvalue weighted by atomic mass is 32.1. The molecule has 4 N–H and O–H groups in total. The van der Waals surface area contributed by atoms with E-state index in [9.17, 15) is 14.4 Å². The number of rotatable bonds is 7. The molecule has 1 fully saturated rings. The minimum absolute atomic E-state index is 0.175. The maximum absolute atomic E-state index is 12.8. The first-order valence-corrected chi connectivity index (χ1v) is 9.93. The summed E-state index contributed by atoms with van der Waals surface area (Å²) in [5, 5.41) is 13.6. The summed E-state index contributed by atoms with van der Waals surface area (Å²) < 4.78 is 0. The van der Waals surface area contributed by atoms with Crippen LogP contribution < -0.4 is 16.4 Å². The van der Waals surface area contributed by atoms with Crippen molar-refractivity contribution in [2.24, 2.45) is 5.16 Å². The molecule has 1 aliphatic rings. The topological polar surface area (TPSA) is 149 Å². The number of nitrogens with two attached hydrogens (primary N) is 1. The van der Waals surface area contributed by atoms with E-state index in [2.05, 4.69) is 25.8 Å². The molecule has 1 saturated heterocycles. The number of hydrogen-bond acceptors (Lipinski definition) is 10. The molecule has 3 heterocycles. The van der Waals surface area contributed by atoms with E-state index in [1.807, 2.05) is 12.3 Å². The van der Waals surface area contributed by atoms with Gasteiger partial charge in [-0.3, -0.25) is 14.4 Å². The van der Waals surface area contributed by atoms with Crippen molar-refractivity contribution in [2.75, 3.05) is 12.3 Å². The molecule has 0 spiro atoms. The molecule has 3 rings (SSSR count). The minimum atomic E-state index is -0.851. The molecule has 1 aliphatic heterocycles. The molecule has 0 aromatic carbocycles. The average Bonchev–Trinajstić information content (AvgIpc) is 3.24. The Hall–Kier alpha value is -2.86. The van der Waals surface area contributed by atoms with Crippen LogP contribution in [0.3, 0.4) is 0 Å². The number of amides is 2. The number of anilines is 1. The lowest BCUT2D eigenvalue weighted by molar-refractivity contribution is -0.140. The molecule has 148 valence electrons. The van der Waals surface area contributed by atoms with Gasteiger partial charge in [-0.2, -0.15) is 0 Å². The standard InChI is InChI=1S/C16H18N6O4S2/c1-7(23)4-26-22-11(9-5-28-15(17)19-9)13(24)20-12-14(25)21-16(12,3)10-6-27-8(2)18-10/h5-6,12H,4H2,1-3H3,(H2,17,19)(H,20,24)(H,21,25)/b22-11+/t12-,16-/m1/s1. The summed E-state index contributed by atoms with van der Waals surface area (Å²) in [6.07, 6.45) is 0. The average molecular weight is 422 g/mol. The van der Waals surface area contributed by atoms with Crippen LogP contribution in [0.4, 0.5) is 5.13 Å². The summed E-state index contributed by atoms with van der Waals surface area (Å²) in [4.78, 5) is 49.4. The molecule has 2 aromatic heterocycles. The molecule has 12 heteroatoms. The van der Waals surface area contributed by atoms with Gasteiger partial charge in [-0.25, -0.2) is 9.97 Å². The second kappa shape index (κ2) is 7.64. The highest BCUT2D eigenvalue weighted by molar-refractivity contribution is 7.13. The zero-order valence-electron chi connectivity index (χ0n) is 15.3. The summed E-state index contributed by atoms with van der Waals surface area (Å²) in [5.74, 6) is -1.28. The Kier molecular flexibility index (Phi) is 5.42. The Labute approximate surface area is 168 Å². The number of ketones is 1. The number of aromatic nitrogens is 2. The van der Waals surface area contributed by atoms with E-state index < -0.39 is 17.5 Å². The van der Waals surface area contributed by atoms with E-state index in [4.69, 9.17) is 10.6 Å². The first kappa shape index (κ1) is 19.9. The third kappa shape index (κ3) is 3.87. The van der Waals surface area contributed by atoms with Crippen LogP contribution in [0.1, 0.15) is 30.2 Å². The fourth-order valence-electron chi connectivity index (χ4n) is 2.60. The fraction of sp³-hybridized carbons (Fsp3) is 0.375. The smallest absolute Gasteiger partial charge is 0.276 e. The van der Waals surface area contributed by atoms with E-state index in [1.54, 1.807) is 6.92 Å². The van der Waals surface area contributed by atoms with E-state index in [0.717, 1.165) is 16.3 Å². The van der Waals surface area contributed by atoms with Crippen LogP contribution in [0, 0.1) is 6.92 Å². The zero-order chi connectivity index (χ0) is 20.5. The summed E-state index contributed by atoms with van der Waals surface area (Å²) in [6.45, 7) is 4.67. The molecule has 28 heavy (non-hydrogen) atoms. The number of nitrogens with one attached hydrogen (secondary N) is 2. The molecule has 0 radical (unpaired) electrons.